The van der Waals surface area contributed by atoms with Crippen molar-refractivity contribution in [1.82, 2.24) is 5.32 Å². The lowest BCUT2D eigenvalue weighted by molar-refractivity contribution is -0.279. The molecule has 0 aromatic heterocycles. The quantitative estimate of drug-likeness (QED) is 0.450. The van der Waals surface area contributed by atoms with E-state index in [2.05, 4.69) is 5.32 Å². The number of rotatable bonds is 8. The maximum absolute atomic E-state index is 11.7. The molecule has 1 aliphatic heterocycles. The maximum Gasteiger partial charge on any atom is 0.303 e. The van der Waals surface area contributed by atoms with Gasteiger partial charge in [0.25, 0.3) is 0 Å². The second kappa shape index (κ2) is 11.0. The molecule has 1 N–H and O–H groups in total. The van der Waals surface area contributed by atoms with Crippen molar-refractivity contribution in [2.75, 3.05) is 13.2 Å². The van der Waals surface area contributed by atoms with Crippen LogP contribution in [-0.4, -0.2) is 67.7 Å². The SMILES string of the molecule is CC(=O)N[C@@H]1[C@H](OCC(C)C)O[C@@H](COC(C)=O)[C@@H](OC(C)=O)[C@H]1OC(C)=O. The molecule has 1 rings (SSSR count). The Bertz CT molecular complexity index is 577. The zero-order valence-corrected chi connectivity index (χ0v) is 17.1. The highest BCUT2D eigenvalue weighted by Gasteiger charge is 2.51. The van der Waals surface area contributed by atoms with E-state index in [0.29, 0.717) is 6.61 Å². The molecular weight excluding hydrogens is 374 g/mol. The van der Waals surface area contributed by atoms with E-state index in [1.54, 1.807) is 0 Å². The molecule has 0 radical (unpaired) electrons. The fourth-order valence-corrected chi connectivity index (χ4v) is 2.72. The molecule has 28 heavy (non-hydrogen) atoms. The van der Waals surface area contributed by atoms with Gasteiger partial charge in [-0.2, -0.15) is 0 Å². The summed E-state index contributed by atoms with van der Waals surface area (Å²) in [7, 11) is 0. The van der Waals surface area contributed by atoms with E-state index in [-0.39, 0.29) is 12.5 Å². The van der Waals surface area contributed by atoms with Crippen LogP contribution in [0.1, 0.15) is 41.5 Å². The van der Waals surface area contributed by atoms with Gasteiger partial charge in [-0.15, -0.1) is 0 Å². The minimum Gasteiger partial charge on any atom is -0.463 e. The third-order valence-electron chi connectivity index (χ3n) is 3.67. The first kappa shape index (κ1) is 23.8. The number of ether oxygens (including phenoxy) is 5. The van der Waals surface area contributed by atoms with Crippen LogP contribution in [0.25, 0.3) is 0 Å². The predicted molar refractivity (Wildman–Crippen MR) is 94.8 cm³/mol. The third kappa shape index (κ3) is 7.81. The molecule has 0 aromatic rings. The van der Waals surface area contributed by atoms with E-state index >= 15 is 0 Å². The standard InChI is InChI=1S/C18H29NO9/c1-9(2)7-25-18-15(19-10(3)20)17(27-13(6)23)16(26-12(5)22)14(28-18)8-24-11(4)21/h9,14-18H,7-8H2,1-6H3,(H,19,20)/t14-,15-,16+,17-,18+/m0/s1. The van der Waals surface area contributed by atoms with Crippen molar-refractivity contribution in [2.45, 2.75) is 72.2 Å². The summed E-state index contributed by atoms with van der Waals surface area (Å²) in [6, 6.07) is -0.932. The summed E-state index contributed by atoms with van der Waals surface area (Å²) in [4.78, 5) is 46.2. The minimum atomic E-state index is -1.11. The first-order valence-electron chi connectivity index (χ1n) is 9.03. The number of hydrogen-bond donors (Lipinski definition) is 1. The number of nitrogens with one attached hydrogen (secondary N) is 1. The molecule has 0 aromatic carbocycles. The molecule has 10 heteroatoms. The largest absolute Gasteiger partial charge is 0.463 e. The summed E-state index contributed by atoms with van der Waals surface area (Å²) in [5.41, 5.74) is 0. The van der Waals surface area contributed by atoms with Crippen molar-refractivity contribution in [3.8, 4) is 0 Å². The summed E-state index contributed by atoms with van der Waals surface area (Å²) in [6.45, 7) is 8.79. The minimum absolute atomic E-state index is 0.159. The monoisotopic (exact) mass is 403 g/mol. The maximum atomic E-state index is 11.7. The molecule has 1 aliphatic rings. The van der Waals surface area contributed by atoms with E-state index in [1.807, 2.05) is 13.8 Å². The Morgan fingerprint density at radius 3 is 1.96 bits per heavy atom. The van der Waals surface area contributed by atoms with E-state index in [4.69, 9.17) is 23.7 Å². The summed E-state index contributed by atoms with van der Waals surface area (Å²) in [5.74, 6) is -2.11. The average Bonchev–Trinajstić information content (AvgIpc) is 2.54. The Kier molecular flexibility index (Phi) is 9.33. The highest BCUT2D eigenvalue weighted by atomic mass is 16.7. The second-order valence-corrected chi connectivity index (χ2v) is 6.95. The van der Waals surface area contributed by atoms with Crippen LogP contribution in [0.4, 0.5) is 0 Å². The molecule has 0 bridgehead atoms. The summed E-state index contributed by atoms with van der Waals surface area (Å²) >= 11 is 0. The lowest BCUT2D eigenvalue weighted by Crippen LogP contribution is -2.66. The fourth-order valence-electron chi connectivity index (χ4n) is 2.72. The van der Waals surface area contributed by atoms with Crippen LogP contribution in [0, 0.1) is 5.92 Å². The highest BCUT2D eigenvalue weighted by Crippen LogP contribution is 2.28. The van der Waals surface area contributed by atoms with Gasteiger partial charge in [0.05, 0.1) is 6.61 Å². The predicted octanol–water partition coefficient (Wildman–Crippen LogP) is 0.315. The van der Waals surface area contributed by atoms with Crippen LogP contribution in [0.2, 0.25) is 0 Å². The second-order valence-electron chi connectivity index (χ2n) is 6.95. The van der Waals surface area contributed by atoms with Crippen molar-refractivity contribution in [2.24, 2.45) is 5.92 Å². The van der Waals surface area contributed by atoms with Crippen molar-refractivity contribution in [1.29, 1.82) is 0 Å². The Morgan fingerprint density at radius 1 is 0.929 bits per heavy atom. The van der Waals surface area contributed by atoms with Crippen molar-refractivity contribution in [3.63, 3.8) is 0 Å². The molecule has 0 unspecified atom stereocenters. The first-order valence-corrected chi connectivity index (χ1v) is 9.03. The Balaban J connectivity index is 3.24. The van der Waals surface area contributed by atoms with E-state index in [1.165, 1.54) is 27.7 Å². The smallest absolute Gasteiger partial charge is 0.303 e. The van der Waals surface area contributed by atoms with E-state index in [0.717, 1.165) is 0 Å². The van der Waals surface area contributed by atoms with Crippen LogP contribution in [0.3, 0.4) is 0 Å². The lowest BCUT2D eigenvalue weighted by Gasteiger charge is -2.45. The Labute approximate surface area is 164 Å². The zero-order chi connectivity index (χ0) is 21.4. The van der Waals surface area contributed by atoms with Crippen LogP contribution in [0.5, 0.6) is 0 Å². The lowest BCUT2D eigenvalue weighted by atomic mass is 9.96. The highest BCUT2D eigenvalue weighted by molar-refractivity contribution is 5.73. The van der Waals surface area contributed by atoms with Crippen molar-refractivity contribution < 1.29 is 42.9 Å². The van der Waals surface area contributed by atoms with Gasteiger partial charge in [-0.3, -0.25) is 19.2 Å². The van der Waals surface area contributed by atoms with Gasteiger partial charge in [-0.1, -0.05) is 13.8 Å². The summed E-state index contributed by atoms with van der Waals surface area (Å²) in [6.07, 6.45) is -4.18. The van der Waals surface area contributed by atoms with Gasteiger partial charge in [0.15, 0.2) is 18.5 Å². The molecule has 1 fully saturated rings. The van der Waals surface area contributed by atoms with Gasteiger partial charge >= 0.3 is 17.9 Å². The molecule has 1 amide bonds. The Morgan fingerprint density at radius 2 is 1.50 bits per heavy atom. The molecule has 0 spiro atoms. The fraction of sp³-hybridized carbons (Fsp3) is 0.778. The molecule has 0 saturated carbocycles. The molecular formula is C18H29NO9. The van der Waals surface area contributed by atoms with Crippen LogP contribution in [-0.2, 0) is 42.9 Å². The number of amides is 1. The summed E-state index contributed by atoms with van der Waals surface area (Å²) < 4.78 is 27.2. The van der Waals surface area contributed by atoms with Gasteiger partial charge in [0.2, 0.25) is 5.91 Å². The first-order chi connectivity index (χ1) is 13.0. The number of esters is 3. The molecule has 160 valence electrons. The van der Waals surface area contributed by atoms with Gasteiger partial charge in [-0.05, 0) is 5.92 Å². The topological polar surface area (TPSA) is 126 Å². The molecule has 0 aliphatic carbocycles. The molecule has 10 nitrogen and oxygen atoms in total. The van der Waals surface area contributed by atoms with Crippen LogP contribution >= 0.6 is 0 Å². The van der Waals surface area contributed by atoms with Crippen LogP contribution < -0.4 is 5.32 Å². The molecule has 1 heterocycles. The van der Waals surface area contributed by atoms with E-state index in [9.17, 15) is 19.2 Å². The molecule has 1 saturated heterocycles. The van der Waals surface area contributed by atoms with Crippen molar-refractivity contribution in [3.05, 3.63) is 0 Å². The number of carbonyl (C=O) groups is 4. The normalized spacial score (nSPS) is 27.0. The van der Waals surface area contributed by atoms with Gasteiger partial charge in [0, 0.05) is 27.7 Å². The molecule has 5 atom stereocenters. The third-order valence-corrected chi connectivity index (χ3v) is 3.67. The Hall–Kier alpha value is -2.20. The van der Waals surface area contributed by atoms with Crippen LogP contribution in [0.15, 0.2) is 0 Å². The zero-order valence-electron chi connectivity index (χ0n) is 17.1. The van der Waals surface area contributed by atoms with Gasteiger partial charge in [-0.25, -0.2) is 0 Å². The number of carbonyl (C=O) groups excluding carboxylic acids is 4. The van der Waals surface area contributed by atoms with Gasteiger partial charge in [0.1, 0.15) is 18.8 Å². The summed E-state index contributed by atoms with van der Waals surface area (Å²) in [5, 5.41) is 2.63. The number of hydrogen-bond acceptors (Lipinski definition) is 9. The van der Waals surface area contributed by atoms with Crippen molar-refractivity contribution >= 4 is 23.8 Å². The van der Waals surface area contributed by atoms with Gasteiger partial charge < -0.3 is 29.0 Å². The average molecular weight is 403 g/mol. The van der Waals surface area contributed by atoms with E-state index < -0.39 is 54.5 Å².